The van der Waals surface area contributed by atoms with Gasteiger partial charge in [-0.05, 0) is 24.1 Å². The molecule has 0 aliphatic carbocycles. The van der Waals surface area contributed by atoms with Crippen molar-refractivity contribution in [3.05, 3.63) is 42.7 Å². The van der Waals surface area contributed by atoms with Gasteiger partial charge in [0.15, 0.2) is 0 Å². The number of hydrogen-bond acceptors (Lipinski definition) is 3. The Balaban J connectivity index is 0.00000242. The van der Waals surface area contributed by atoms with E-state index < -0.39 is 11.9 Å². The molecular weight excluding hydrogens is 342 g/mol. The number of rotatable bonds is 5. The van der Waals surface area contributed by atoms with E-state index in [2.05, 4.69) is 10.3 Å². The molecule has 3 N–H and O–H groups in total. The Bertz CT molecular complexity index is 622. The van der Waals surface area contributed by atoms with E-state index in [1.165, 1.54) is 12.4 Å². The van der Waals surface area contributed by atoms with Crippen molar-refractivity contribution in [3.8, 4) is 5.69 Å². The first kappa shape index (κ1) is 21.4. The highest BCUT2D eigenvalue weighted by molar-refractivity contribution is 5.94. The van der Waals surface area contributed by atoms with Crippen molar-refractivity contribution in [1.82, 2.24) is 9.55 Å². The van der Waals surface area contributed by atoms with Crippen LogP contribution in [0, 0.1) is 11.7 Å². The molecule has 0 bridgehead atoms. The lowest BCUT2D eigenvalue weighted by Gasteiger charge is -2.18. The number of amides is 1. The second kappa shape index (κ2) is 9.50. The second-order valence-corrected chi connectivity index (χ2v) is 5.04. The van der Waals surface area contributed by atoms with E-state index >= 15 is 0 Å². The van der Waals surface area contributed by atoms with E-state index in [4.69, 9.17) is 5.73 Å². The number of nitrogens with two attached hydrogens (primary N) is 1. The Labute approximate surface area is 147 Å². The number of aromatic nitrogens is 2. The average molecular weight is 363 g/mol. The van der Waals surface area contributed by atoms with Gasteiger partial charge in [0.2, 0.25) is 5.91 Å². The van der Waals surface area contributed by atoms with Crippen molar-refractivity contribution < 1.29 is 9.18 Å². The molecule has 2 aromatic rings. The van der Waals surface area contributed by atoms with Crippen molar-refractivity contribution in [2.24, 2.45) is 11.7 Å². The topological polar surface area (TPSA) is 72.9 Å². The van der Waals surface area contributed by atoms with E-state index in [0.29, 0.717) is 11.4 Å². The third-order valence-electron chi connectivity index (χ3n) is 3.56. The summed E-state index contributed by atoms with van der Waals surface area (Å²) in [6, 6.07) is 3.89. The molecule has 1 aromatic heterocycles. The van der Waals surface area contributed by atoms with Gasteiger partial charge in [-0.15, -0.1) is 24.8 Å². The first-order valence-corrected chi connectivity index (χ1v) is 6.87. The molecule has 2 unspecified atom stereocenters. The summed E-state index contributed by atoms with van der Waals surface area (Å²) in [6.45, 7) is 3.88. The Hall–Kier alpha value is -1.63. The van der Waals surface area contributed by atoms with E-state index in [1.54, 1.807) is 29.1 Å². The minimum atomic E-state index is -0.605. The van der Waals surface area contributed by atoms with Crippen LogP contribution in [0.15, 0.2) is 36.9 Å². The standard InChI is InChI=1S/C15H19FN4O.2ClH/c1-3-10(2)14(17)15(21)19-11-4-5-13(12(16)8-11)20-7-6-18-9-20;;/h4-10,14H,3,17H2,1-2H3,(H,19,21);2*1H. The molecule has 1 amide bonds. The van der Waals surface area contributed by atoms with Crippen molar-refractivity contribution in [2.75, 3.05) is 5.32 Å². The van der Waals surface area contributed by atoms with Crippen LogP contribution < -0.4 is 11.1 Å². The first-order valence-electron chi connectivity index (χ1n) is 6.87. The van der Waals surface area contributed by atoms with Crippen LogP contribution in [0.25, 0.3) is 5.69 Å². The predicted octanol–water partition coefficient (Wildman–Crippen LogP) is 3.17. The molecule has 1 heterocycles. The summed E-state index contributed by atoms with van der Waals surface area (Å²) in [5.74, 6) is -0.679. The number of imidazole rings is 1. The van der Waals surface area contributed by atoms with Crippen LogP contribution in [-0.2, 0) is 4.79 Å². The normalized spacial score (nSPS) is 12.5. The molecule has 2 rings (SSSR count). The fourth-order valence-corrected chi connectivity index (χ4v) is 1.93. The van der Waals surface area contributed by atoms with Gasteiger partial charge in [-0.2, -0.15) is 0 Å². The molecule has 0 saturated heterocycles. The maximum absolute atomic E-state index is 14.1. The lowest BCUT2D eigenvalue weighted by atomic mass is 9.99. The number of carbonyl (C=O) groups excluding carboxylic acids is 1. The molecule has 0 spiro atoms. The monoisotopic (exact) mass is 362 g/mol. The highest BCUT2D eigenvalue weighted by Gasteiger charge is 2.19. The fourth-order valence-electron chi connectivity index (χ4n) is 1.93. The highest BCUT2D eigenvalue weighted by atomic mass is 35.5. The Kier molecular flexibility index (Phi) is 8.82. The van der Waals surface area contributed by atoms with E-state index in [1.807, 2.05) is 13.8 Å². The molecular formula is C15H21Cl2FN4O. The molecule has 1 aromatic carbocycles. The van der Waals surface area contributed by atoms with Crippen LogP contribution in [0.3, 0.4) is 0 Å². The molecule has 0 radical (unpaired) electrons. The summed E-state index contributed by atoms with van der Waals surface area (Å²) < 4.78 is 15.6. The summed E-state index contributed by atoms with van der Waals surface area (Å²) in [7, 11) is 0. The zero-order chi connectivity index (χ0) is 15.4. The Morgan fingerprint density at radius 3 is 2.65 bits per heavy atom. The number of hydrogen-bond donors (Lipinski definition) is 2. The molecule has 128 valence electrons. The Morgan fingerprint density at radius 1 is 1.43 bits per heavy atom. The van der Waals surface area contributed by atoms with Crippen molar-refractivity contribution >= 4 is 36.4 Å². The summed E-state index contributed by atoms with van der Waals surface area (Å²) in [5.41, 5.74) is 6.61. The first-order chi connectivity index (χ1) is 10.0. The van der Waals surface area contributed by atoms with Crippen molar-refractivity contribution in [2.45, 2.75) is 26.3 Å². The van der Waals surface area contributed by atoms with Crippen LogP contribution in [0.1, 0.15) is 20.3 Å². The second-order valence-electron chi connectivity index (χ2n) is 5.04. The third kappa shape index (κ3) is 5.20. The zero-order valence-electron chi connectivity index (χ0n) is 12.9. The minimum Gasteiger partial charge on any atom is -0.325 e. The third-order valence-corrected chi connectivity index (χ3v) is 3.56. The van der Waals surface area contributed by atoms with Crippen LogP contribution >= 0.6 is 24.8 Å². The lowest BCUT2D eigenvalue weighted by Crippen LogP contribution is -2.40. The number of nitrogens with one attached hydrogen (secondary N) is 1. The van der Waals surface area contributed by atoms with Gasteiger partial charge in [-0.25, -0.2) is 9.37 Å². The lowest BCUT2D eigenvalue weighted by molar-refractivity contribution is -0.118. The van der Waals surface area contributed by atoms with Gasteiger partial charge in [-0.1, -0.05) is 20.3 Å². The molecule has 0 fully saturated rings. The van der Waals surface area contributed by atoms with Gasteiger partial charge in [-0.3, -0.25) is 4.79 Å². The van der Waals surface area contributed by atoms with Crippen LogP contribution in [0.5, 0.6) is 0 Å². The van der Waals surface area contributed by atoms with Gasteiger partial charge in [0.25, 0.3) is 0 Å². The number of nitrogens with zero attached hydrogens (tertiary/aromatic N) is 2. The molecule has 5 nitrogen and oxygen atoms in total. The van der Waals surface area contributed by atoms with Crippen molar-refractivity contribution in [1.29, 1.82) is 0 Å². The summed E-state index contributed by atoms with van der Waals surface area (Å²) in [6.07, 6.45) is 5.54. The maximum Gasteiger partial charge on any atom is 0.241 e. The molecule has 0 aliphatic heterocycles. The quantitative estimate of drug-likeness (QED) is 0.857. The van der Waals surface area contributed by atoms with E-state index in [0.717, 1.165) is 6.42 Å². The van der Waals surface area contributed by atoms with Crippen LogP contribution in [0.4, 0.5) is 10.1 Å². The molecule has 23 heavy (non-hydrogen) atoms. The fraction of sp³-hybridized carbons (Fsp3) is 0.333. The maximum atomic E-state index is 14.1. The number of carbonyl (C=O) groups is 1. The number of halogens is 3. The zero-order valence-corrected chi connectivity index (χ0v) is 14.5. The predicted molar refractivity (Wildman–Crippen MR) is 94.1 cm³/mol. The van der Waals surface area contributed by atoms with Crippen LogP contribution in [-0.4, -0.2) is 21.5 Å². The number of anilines is 1. The highest BCUT2D eigenvalue weighted by Crippen LogP contribution is 2.18. The SMILES string of the molecule is CCC(C)C(N)C(=O)Nc1ccc(-n2ccnc2)c(F)c1.Cl.Cl. The van der Waals surface area contributed by atoms with Gasteiger partial charge in [0, 0.05) is 18.1 Å². The van der Waals surface area contributed by atoms with Crippen molar-refractivity contribution in [3.63, 3.8) is 0 Å². The molecule has 2 atom stereocenters. The number of benzene rings is 1. The average Bonchev–Trinajstić information content (AvgIpc) is 2.99. The van der Waals surface area contributed by atoms with Gasteiger partial charge >= 0.3 is 0 Å². The Morgan fingerprint density at radius 2 is 2.13 bits per heavy atom. The minimum absolute atomic E-state index is 0. The molecule has 0 aliphatic rings. The summed E-state index contributed by atoms with van der Waals surface area (Å²) in [5, 5.41) is 2.64. The van der Waals surface area contributed by atoms with Gasteiger partial charge in [0.1, 0.15) is 5.82 Å². The van der Waals surface area contributed by atoms with Gasteiger partial charge < -0.3 is 15.6 Å². The van der Waals surface area contributed by atoms with E-state index in [-0.39, 0.29) is 36.6 Å². The summed E-state index contributed by atoms with van der Waals surface area (Å²) in [4.78, 5) is 15.8. The largest absolute Gasteiger partial charge is 0.325 e. The van der Waals surface area contributed by atoms with Crippen LogP contribution in [0.2, 0.25) is 0 Å². The summed E-state index contributed by atoms with van der Waals surface area (Å²) >= 11 is 0. The van der Waals surface area contributed by atoms with Gasteiger partial charge in [0.05, 0.1) is 18.1 Å². The molecule has 8 heteroatoms. The van der Waals surface area contributed by atoms with E-state index in [9.17, 15) is 9.18 Å². The molecule has 0 saturated carbocycles. The smallest absolute Gasteiger partial charge is 0.241 e.